The molecule has 0 aliphatic carbocycles. The molecule has 1 aromatic rings. The molecule has 0 saturated carbocycles. The summed E-state index contributed by atoms with van der Waals surface area (Å²) >= 11 is 3.44. The Hall–Kier alpha value is -0.290. The number of hydrogen-bond acceptors (Lipinski definition) is 5. The van der Waals surface area contributed by atoms with Crippen LogP contribution in [0.25, 0.3) is 0 Å². The second-order valence-corrected chi connectivity index (χ2v) is 6.14. The molecule has 0 unspecified atom stereocenters. The number of aryl methyl sites for hydroxylation is 1. The van der Waals surface area contributed by atoms with E-state index >= 15 is 0 Å². The number of anilines is 1. The first-order valence-corrected chi connectivity index (χ1v) is 6.17. The summed E-state index contributed by atoms with van der Waals surface area (Å²) in [6.07, 6.45) is 2.12. The van der Waals surface area contributed by atoms with Crippen molar-refractivity contribution in [1.29, 1.82) is 0 Å². The summed E-state index contributed by atoms with van der Waals surface area (Å²) in [7, 11) is 0. The number of aromatic nitrogens is 2. The first kappa shape index (κ1) is 10.8. The van der Waals surface area contributed by atoms with Crippen LogP contribution in [-0.4, -0.2) is 27.7 Å². The highest BCUT2D eigenvalue weighted by Gasteiger charge is 2.15. The van der Waals surface area contributed by atoms with Gasteiger partial charge in [0.05, 0.1) is 0 Å². The average molecular weight is 217 g/mol. The van der Waals surface area contributed by atoms with Crippen LogP contribution < -0.4 is 5.32 Å². The Morgan fingerprint density at radius 2 is 2.15 bits per heavy atom. The van der Waals surface area contributed by atoms with Gasteiger partial charge in [-0.05, 0) is 27.0 Å². The Balaban J connectivity index is 2.43. The Labute approximate surface area is 87.3 Å². The van der Waals surface area contributed by atoms with Gasteiger partial charge >= 0.3 is 0 Å². The van der Waals surface area contributed by atoms with E-state index in [4.69, 9.17) is 0 Å². The van der Waals surface area contributed by atoms with Gasteiger partial charge in [0.25, 0.3) is 0 Å². The minimum atomic E-state index is 0.250. The van der Waals surface area contributed by atoms with Gasteiger partial charge in [0, 0.05) is 11.3 Å². The zero-order valence-corrected chi connectivity index (χ0v) is 10.1. The van der Waals surface area contributed by atoms with E-state index < -0.39 is 0 Å². The van der Waals surface area contributed by atoms with Crippen molar-refractivity contribution in [1.82, 2.24) is 10.2 Å². The van der Waals surface area contributed by atoms with E-state index in [0.717, 1.165) is 16.7 Å². The Bertz CT molecular complexity index is 270. The van der Waals surface area contributed by atoms with Crippen LogP contribution in [0, 0.1) is 6.92 Å². The number of nitrogens with zero attached hydrogens (tertiary/aromatic N) is 2. The van der Waals surface area contributed by atoms with Crippen LogP contribution >= 0.6 is 23.1 Å². The van der Waals surface area contributed by atoms with Crippen LogP contribution in [0.3, 0.4) is 0 Å². The lowest BCUT2D eigenvalue weighted by Crippen LogP contribution is -2.25. The molecule has 1 rings (SSSR count). The number of rotatable bonds is 4. The summed E-state index contributed by atoms with van der Waals surface area (Å²) in [4.78, 5) is 0. The molecule has 0 aliphatic rings. The van der Waals surface area contributed by atoms with E-state index in [9.17, 15) is 0 Å². The van der Waals surface area contributed by atoms with Gasteiger partial charge in [-0.3, -0.25) is 0 Å². The fourth-order valence-corrected chi connectivity index (χ4v) is 1.53. The molecule has 13 heavy (non-hydrogen) atoms. The molecule has 0 aliphatic heterocycles. The standard InChI is InChI=1S/C8H15N3S2/c1-6-10-11-7(13-6)9-5-8(2,3)12-4/h5H2,1-4H3,(H,9,11). The molecule has 1 aromatic heterocycles. The van der Waals surface area contributed by atoms with Crippen LogP contribution in [0.15, 0.2) is 0 Å². The zero-order chi connectivity index (χ0) is 9.90. The molecule has 0 amide bonds. The minimum Gasteiger partial charge on any atom is -0.359 e. The fraction of sp³-hybridized carbons (Fsp3) is 0.750. The van der Waals surface area contributed by atoms with Crippen LogP contribution in [0.2, 0.25) is 0 Å². The van der Waals surface area contributed by atoms with E-state index in [1.807, 2.05) is 18.7 Å². The first-order chi connectivity index (χ1) is 6.03. The molecule has 0 bridgehead atoms. The van der Waals surface area contributed by atoms with Gasteiger partial charge in [0.15, 0.2) is 0 Å². The van der Waals surface area contributed by atoms with Crippen LogP contribution in [0.1, 0.15) is 18.9 Å². The summed E-state index contributed by atoms with van der Waals surface area (Å²) in [5.41, 5.74) is 0. The Morgan fingerprint density at radius 3 is 2.62 bits per heavy atom. The monoisotopic (exact) mass is 217 g/mol. The van der Waals surface area contributed by atoms with Gasteiger partial charge in [-0.25, -0.2) is 0 Å². The van der Waals surface area contributed by atoms with E-state index in [1.54, 1.807) is 11.3 Å². The normalized spacial score (nSPS) is 11.7. The number of thioether (sulfide) groups is 1. The van der Waals surface area contributed by atoms with Gasteiger partial charge in [-0.15, -0.1) is 10.2 Å². The van der Waals surface area contributed by atoms with Crippen LogP contribution in [-0.2, 0) is 0 Å². The third kappa shape index (κ3) is 3.52. The molecular weight excluding hydrogens is 202 g/mol. The summed E-state index contributed by atoms with van der Waals surface area (Å²) in [5, 5.41) is 13.1. The largest absolute Gasteiger partial charge is 0.359 e. The predicted molar refractivity (Wildman–Crippen MR) is 60.7 cm³/mol. The molecule has 0 aromatic carbocycles. The van der Waals surface area contributed by atoms with E-state index in [-0.39, 0.29) is 4.75 Å². The lowest BCUT2D eigenvalue weighted by molar-refractivity contribution is 0.750. The Kier molecular flexibility index (Phi) is 3.55. The van der Waals surface area contributed by atoms with Gasteiger partial charge in [0.1, 0.15) is 5.01 Å². The quantitative estimate of drug-likeness (QED) is 0.840. The third-order valence-corrected chi connectivity index (χ3v) is 3.79. The zero-order valence-electron chi connectivity index (χ0n) is 8.42. The van der Waals surface area contributed by atoms with Gasteiger partial charge in [-0.1, -0.05) is 11.3 Å². The van der Waals surface area contributed by atoms with Crippen LogP contribution in [0.5, 0.6) is 0 Å². The van der Waals surface area contributed by atoms with Gasteiger partial charge in [-0.2, -0.15) is 11.8 Å². The average Bonchev–Trinajstić information content (AvgIpc) is 2.48. The maximum Gasteiger partial charge on any atom is 0.205 e. The second kappa shape index (κ2) is 4.28. The van der Waals surface area contributed by atoms with Crippen molar-refractivity contribution in [2.24, 2.45) is 0 Å². The second-order valence-electron chi connectivity index (χ2n) is 3.44. The third-order valence-electron chi connectivity index (χ3n) is 1.74. The van der Waals surface area contributed by atoms with Crippen molar-refractivity contribution in [3.05, 3.63) is 5.01 Å². The van der Waals surface area contributed by atoms with Crippen molar-refractivity contribution in [3.8, 4) is 0 Å². The predicted octanol–water partition coefficient (Wildman–Crippen LogP) is 2.40. The molecule has 5 heteroatoms. The van der Waals surface area contributed by atoms with Crippen molar-refractivity contribution >= 4 is 28.2 Å². The maximum absolute atomic E-state index is 4.00. The molecule has 0 spiro atoms. The van der Waals surface area contributed by atoms with Gasteiger partial charge < -0.3 is 5.32 Å². The SMILES string of the molecule is CSC(C)(C)CNc1nnc(C)s1. The topological polar surface area (TPSA) is 37.8 Å². The lowest BCUT2D eigenvalue weighted by Gasteiger charge is -2.21. The molecule has 3 nitrogen and oxygen atoms in total. The van der Waals surface area contributed by atoms with Crippen LogP contribution in [0.4, 0.5) is 5.13 Å². The van der Waals surface area contributed by atoms with Crippen molar-refractivity contribution in [2.75, 3.05) is 18.1 Å². The molecule has 1 N–H and O–H groups in total. The van der Waals surface area contributed by atoms with E-state index in [0.29, 0.717) is 0 Å². The Morgan fingerprint density at radius 1 is 1.46 bits per heavy atom. The molecule has 74 valence electrons. The molecular formula is C8H15N3S2. The summed E-state index contributed by atoms with van der Waals surface area (Å²) < 4.78 is 0.250. The highest BCUT2D eigenvalue weighted by atomic mass is 32.2. The first-order valence-electron chi connectivity index (χ1n) is 4.12. The van der Waals surface area contributed by atoms with Crippen molar-refractivity contribution in [2.45, 2.75) is 25.5 Å². The molecule has 0 radical (unpaired) electrons. The summed E-state index contributed by atoms with van der Waals surface area (Å²) in [6, 6.07) is 0. The van der Waals surface area contributed by atoms with E-state index in [1.165, 1.54) is 0 Å². The molecule has 0 fully saturated rings. The fourth-order valence-electron chi connectivity index (χ4n) is 0.729. The number of nitrogens with one attached hydrogen (secondary N) is 1. The van der Waals surface area contributed by atoms with Gasteiger partial charge in [0.2, 0.25) is 5.13 Å². The molecule has 1 heterocycles. The minimum absolute atomic E-state index is 0.250. The number of hydrogen-bond donors (Lipinski definition) is 1. The summed E-state index contributed by atoms with van der Waals surface area (Å²) in [6.45, 7) is 7.29. The lowest BCUT2D eigenvalue weighted by atomic mass is 10.2. The highest BCUT2D eigenvalue weighted by Crippen LogP contribution is 2.22. The van der Waals surface area contributed by atoms with Crippen molar-refractivity contribution in [3.63, 3.8) is 0 Å². The van der Waals surface area contributed by atoms with Crippen molar-refractivity contribution < 1.29 is 0 Å². The maximum atomic E-state index is 4.00. The molecule has 0 atom stereocenters. The summed E-state index contributed by atoms with van der Waals surface area (Å²) in [5.74, 6) is 0. The molecule has 0 saturated heterocycles. The van der Waals surface area contributed by atoms with E-state index in [2.05, 4.69) is 35.6 Å². The smallest absolute Gasteiger partial charge is 0.205 e. The highest BCUT2D eigenvalue weighted by molar-refractivity contribution is 7.99.